The number of phenols is 1. The molecular formula is C23H21N3O4. The molecule has 0 atom stereocenters. The minimum absolute atomic E-state index is 0.136. The van der Waals surface area contributed by atoms with Gasteiger partial charge in [-0.05, 0) is 48.9 Å². The van der Waals surface area contributed by atoms with E-state index in [0.717, 1.165) is 34.0 Å². The monoisotopic (exact) mass is 403 g/mol. The maximum absolute atomic E-state index is 9.86. The largest absolute Gasteiger partial charge is 0.508 e. The molecule has 0 aliphatic carbocycles. The minimum atomic E-state index is 0.136. The molecule has 0 amide bonds. The van der Waals surface area contributed by atoms with Crippen LogP contribution in [0.25, 0.3) is 16.9 Å². The van der Waals surface area contributed by atoms with Gasteiger partial charge in [0, 0.05) is 29.6 Å². The zero-order valence-electron chi connectivity index (χ0n) is 16.7. The Bertz CT molecular complexity index is 1250. The topological polar surface area (TPSA) is 77.3 Å². The van der Waals surface area contributed by atoms with E-state index in [2.05, 4.69) is 5.32 Å². The molecule has 0 spiro atoms. The molecule has 0 radical (unpaired) electrons. The molecule has 152 valence electrons. The number of hydrogen-bond donors (Lipinski definition) is 2. The van der Waals surface area contributed by atoms with E-state index in [4.69, 9.17) is 19.2 Å². The lowest BCUT2D eigenvalue weighted by Crippen LogP contribution is -2.15. The highest BCUT2D eigenvalue weighted by atomic mass is 16.6. The lowest BCUT2D eigenvalue weighted by Gasteiger charge is -2.19. The van der Waals surface area contributed by atoms with Gasteiger partial charge in [0.15, 0.2) is 11.5 Å². The molecule has 1 aliphatic heterocycles. The molecule has 4 aromatic rings. The van der Waals surface area contributed by atoms with Gasteiger partial charge in [-0.2, -0.15) is 0 Å². The fourth-order valence-corrected chi connectivity index (χ4v) is 3.59. The first kappa shape index (κ1) is 18.2. The number of ether oxygens (including phenoxy) is 3. The Balaban J connectivity index is 1.66. The quantitative estimate of drug-likeness (QED) is 0.521. The van der Waals surface area contributed by atoms with Gasteiger partial charge in [0.2, 0.25) is 0 Å². The summed E-state index contributed by atoms with van der Waals surface area (Å²) >= 11 is 0. The van der Waals surface area contributed by atoms with Crippen molar-refractivity contribution in [3.05, 3.63) is 60.3 Å². The highest BCUT2D eigenvalue weighted by Gasteiger charge is 2.19. The predicted octanol–water partition coefficient (Wildman–Crippen LogP) is 4.54. The van der Waals surface area contributed by atoms with Crippen LogP contribution in [0, 0.1) is 6.92 Å². The lowest BCUT2D eigenvalue weighted by atomic mass is 10.1. The van der Waals surface area contributed by atoms with Gasteiger partial charge in [-0.3, -0.25) is 4.40 Å². The number of phenolic OH excluding ortho intramolecular Hbond substituents is 1. The van der Waals surface area contributed by atoms with Crippen LogP contribution < -0.4 is 19.5 Å². The summed E-state index contributed by atoms with van der Waals surface area (Å²) in [5, 5.41) is 13.3. The van der Waals surface area contributed by atoms with Crippen LogP contribution in [0.5, 0.6) is 23.0 Å². The Morgan fingerprint density at radius 1 is 1.03 bits per heavy atom. The zero-order chi connectivity index (χ0) is 20.7. The lowest BCUT2D eigenvalue weighted by molar-refractivity contribution is 0.171. The SMILES string of the molecule is COc1cc(O)ccc1-c1nc2cc(C)ccn2c1Nc1ccc2c(c1)OCCO2. The fraction of sp³-hybridized carbons (Fsp3) is 0.174. The molecule has 3 heterocycles. The standard InChI is InChI=1S/C23H21N3O4/c1-14-7-8-26-21(11-14)25-22(17-5-4-16(27)13-19(17)28-2)23(26)24-15-3-6-18-20(12-15)30-10-9-29-18/h3-8,11-13,24,27H,9-10H2,1-2H3. The summed E-state index contributed by atoms with van der Waals surface area (Å²) in [7, 11) is 1.58. The zero-order valence-corrected chi connectivity index (χ0v) is 16.7. The Labute approximate surface area is 173 Å². The molecule has 2 N–H and O–H groups in total. The van der Waals surface area contributed by atoms with E-state index in [9.17, 15) is 5.11 Å². The summed E-state index contributed by atoms with van der Waals surface area (Å²) in [4.78, 5) is 4.85. The summed E-state index contributed by atoms with van der Waals surface area (Å²) in [6.45, 7) is 3.11. The smallest absolute Gasteiger partial charge is 0.163 e. The van der Waals surface area contributed by atoms with E-state index >= 15 is 0 Å². The van der Waals surface area contributed by atoms with Crippen molar-refractivity contribution in [3.8, 4) is 34.3 Å². The summed E-state index contributed by atoms with van der Waals surface area (Å²) < 4.78 is 18.8. The van der Waals surface area contributed by atoms with Crippen molar-refractivity contribution < 1.29 is 19.3 Å². The molecule has 7 nitrogen and oxygen atoms in total. The number of pyridine rings is 1. The molecule has 0 fully saturated rings. The first-order valence-electron chi connectivity index (χ1n) is 9.65. The number of nitrogens with one attached hydrogen (secondary N) is 1. The summed E-state index contributed by atoms with van der Waals surface area (Å²) in [5.41, 5.74) is 4.26. The van der Waals surface area contributed by atoms with E-state index in [1.165, 1.54) is 0 Å². The van der Waals surface area contributed by atoms with E-state index in [0.29, 0.717) is 30.4 Å². The van der Waals surface area contributed by atoms with Gasteiger partial charge in [0.05, 0.1) is 7.11 Å². The van der Waals surface area contributed by atoms with Crippen molar-refractivity contribution in [2.75, 3.05) is 25.6 Å². The minimum Gasteiger partial charge on any atom is -0.508 e. The second kappa shape index (κ2) is 7.18. The summed E-state index contributed by atoms with van der Waals surface area (Å²) in [6.07, 6.45) is 1.98. The number of nitrogens with zero attached hydrogens (tertiary/aromatic N) is 2. The van der Waals surface area contributed by atoms with Crippen LogP contribution in [0.4, 0.5) is 11.5 Å². The van der Waals surface area contributed by atoms with Crippen LogP contribution in [0.2, 0.25) is 0 Å². The van der Waals surface area contributed by atoms with Crippen molar-refractivity contribution in [1.29, 1.82) is 0 Å². The molecule has 7 heteroatoms. The highest BCUT2D eigenvalue weighted by Crippen LogP contribution is 2.39. The Morgan fingerprint density at radius 2 is 1.87 bits per heavy atom. The van der Waals surface area contributed by atoms with Gasteiger partial charge >= 0.3 is 0 Å². The van der Waals surface area contributed by atoms with Crippen LogP contribution in [-0.2, 0) is 0 Å². The van der Waals surface area contributed by atoms with Crippen LogP contribution in [-0.4, -0.2) is 34.8 Å². The number of anilines is 2. The van der Waals surface area contributed by atoms with Crippen molar-refractivity contribution in [2.24, 2.45) is 0 Å². The third-order valence-corrected chi connectivity index (χ3v) is 5.03. The molecule has 0 bridgehead atoms. The number of imidazole rings is 1. The van der Waals surface area contributed by atoms with Gasteiger partial charge in [0.1, 0.15) is 41.9 Å². The molecule has 0 unspecified atom stereocenters. The molecule has 0 saturated heterocycles. The number of hydrogen-bond acceptors (Lipinski definition) is 6. The maximum atomic E-state index is 9.86. The van der Waals surface area contributed by atoms with Crippen molar-refractivity contribution in [1.82, 2.24) is 9.38 Å². The summed E-state index contributed by atoms with van der Waals surface area (Å²) in [6, 6.07) is 14.8. The Kier molecular flexibility index (Phi) is 4.35. The van der Waals surface area contributed by atoms with E-state index in [-0.39, 0.29) is 5.75 Å². The molecule has 5 rings (SSSR count). The average molecular weight is 403 g/mol. The van der Waals surface area contributed by atoms with Crippen LogP contribution in [0.1, 0.15) is 5.56 Å². The Morgan fingerprint density at radius 3 is 2.70 bits per heavy atom. The van der Waals surface area contributed by atoms with Gasteiger partial charge in [-0.15, -0.1) is 0 Å². The third-order valence-electron chi connectivity index (χ3n) is 5.03. The summed E-state index contributed by atoms with van der Waals surface area (Å²) in [5.74, 6) is 2.91. The number of rotatable bonds is 4. The number of aromatic nitrogens is 2. The molecule has 1 aliphatic rings. The van der Waals surface area contributed by atoms with Gasteiger partial charge < -0.3 is 24.6 Å². The van der Waals surface area contributed by atoms with Gasteiger partial charge in [0.25, 0.3) is 0 Å². The second-order valence-electron chi connectivity index (χ2n) is 7.11. The third kappa shape index (κ3) is 3.14. The average Bonchev–Trinajstić information content (AvgIpc) is 3.10. The number of benzene rings is 2. The van der Waals surface area contributed by atoms with E-state index in [1.807, 2.05) is 47.9 Å². The van der Waals surface area contributed by atoms with Crippen molar-refractivity contribution in [2.45, 2.75) is 6.92 Å². The number of aromatic hydroxyl groups is 1. The van der Waals surface area contributed by atoms with Crippen molar-refractivity contribution in [3.63, 3.8) is 0 Å². The highest BCUT2D eigenvalue weighted by molar-refractivity contribution is 5.83. The van der Waals surface area contributed by atoms with Gasteiger partial charge in [-0.25, -0.2) is 4.98 Å². The molecular weight excluding hydrogens is 382 g/mol. The Hall–Kier alpha value is -3.87. The second-order valence-corrected chi connectivity index (χ2v) is 7.11. The van der Waals surface area contributed by atoms with Crippen LogP contribution in [0.15, 0.2) is 54.7 Å². The molecule has 0 saturated carbocycles. The normalized spacial score (nSPS) is 12.7. The maximum Gasteiger partial charge on any atom is 0.163 e. The van der Waals surface area contributed by atoms with Crippen LogP contribution >= 0.6 is 0 Å². The van der Waals surface area contributed by atoms with Crippen molar-refractivity contribution >= 4 is 17.2 Å². The first-order valence-corrected chi connectivity index (χ1v) is 9.65. The van der Waals surface area contributed by atoms with E-state index in [1.54, 1.807) is 25.3 Å². The van der Waals surface area contributed by atoms with Gasteiger partial charge in [-0.1, -0.05) is 0 Å². The van der Waals surface area contributed by atoms with Crippen LogP contribution in [0.3, 0.4) is 0 Å². The van der Waals surface area contributed by atoms with E-state index < -0.39 is 0 Å². The fourth-order valence-electron chi connectivity index (χ4n) is 3.59. The molecule has 2 aromatic carbocycles. The number of methoxy groups -OCH3 is 1. The predicted molar refractivity (Wildman–Crippen MR) is 114 cm³/mol. The number of aryl methyl sites for hydroxylation is 1. The first-order chi connectivity index (χ1) is 14.6. The molecule has 2 aromatic heterocycles. The molecule has 30 heavy (non-hydrogen) atoms. The number of fused-ring (bicyclic) bond motifs is 2.